The summed E-state index contributed by atoms with van der Waals surface area (Å²) in [5.41, 5.74) is 1.26. The van der Waals surface area contributed by atoms with Gasteiger partial charge in [0.2, 0.25) is 5.88 Å². The van der Waals surface area contributed by atoms with Crippen LogP contribution in [0, 0.1) is 11.3 Å². The van der Waals surface area contributed by atoms with E-state index in [-0.39, 0.29) is 6.61 Å². The van der Waals surface area contributed by atoms with E-state index in [1.807, 2.05) is 6.07 Å². The molecule has 4 heteroatoms. The highest BCUT2D eigenvalue weighted by molar-refractivity contribution is 5.35. The minimum Gasteiger partial charge on any atom is -0.439 e. The molecule has 84 valence electrons. The highest BCUT2D eigenvalue weighted by Crippen LogP contribution is 2.20. The molecule has 2 rings (SSSR count). The van der Waals surface area contributed by atoms with Crippen molar-refractivity contribution in [2.75, 3.05) is 0 Å². The van der Waals surface area contributed by atoms with Crippen molar-refractivity contribution in [1.29, 1.82) is 5.26 Å². The third-order valence-electron chi connectivity index (χ3n) is 2.17. The van der Waals surface area contributed by atoms with Crippen molar-refractivity contribution in [3.63, 3.8) is 0 Å². The van der Waals surface area contributed by atoms with Gasteiger partial charge < -0.3 is 9.84 Å². The molecule has 0 aliphatic carbocycles. The first kappa shape index (κ1) is 11.1. The molecule has 0 fully saturated rings. The Kier molecular flexibility index (Phi) is 3.34. The average molecular weight is 226 g/mol. The number of benzene rings is 1. The van der Waals surface area contributed by atoms with Crippen LogP contribution in [-0.2, 0) is 6.61 Å². The van der Waals surface area contributed by atoms with Gasteiger partial charge in [0.05, 0.1) is 18.2 Å². The Labute approximate surface area is 98.7 Å². The largest absolute Gasteiger partial charge is 0.439 e. The van der Waals surface area contributed by atoms with E-state index in [2.05, 4.69) is 4.98 Å². The summed E-state index contributed by atoms with van der Waals surface area (Å²) in [6.07, 6.45) is 1.52. The lowest BCUT2D eigenvalue weighted by Gasteiger charge is -2.05. The Morgan fingerprint density at radius 2 is 2.18 bits per heavy atom. The van der Waals surface area contributed by atoms with Crippen molar-refractivity contribution in [2.24, 2.45) is 0 Å². The second-order valence-electron chi connectivity index (χ2n) is 3.40. The van der Waals surface area contributed by atoms with E-state index in [9.17, 15) is 0 Å². The van der Waals surface area contributed by atoms with Crippen LogP contribution in [0.5, 0.6) is 11.6 Å². The van der Waals surface area contributed by atoms with E-state index in [1.54, 1.807) is 36.4 Å². The molecule has 0 bridgehead atoms. The van der Waals surface area contributed by atoms with Crippen molar-refractivity contribution in [3.05, 3.63) is 53.7 Å². The molecular weight excluding hydrogens is 216 g/mol. The smallest absolute Gasteiger partial charge is 0.220 e. The lowest BCUT2D eigenvalue weighted by molar-refractivity contribution is 0.281. The van der Waals surface area contributed by atoms with Gasteiger partial charge in [0.25, 0.3) is 0 Å². The number of aliphatic hydroxyl groups is 1. The molecule has 0 saturated heterocycles. The van der Waals surface area contributed by atoms with Crippen molar-refractivity contribution in [2.45, 2.75) is 6.61 Å². The van der Waals surface area contributed by atoms with E-state index in [0.29, 0.717) is 17.2 Å². The number of pyridine rings is 1. The van der Waals surface area contributed by atoms with E-state index < -0.39 is 0 Å². The maximum atomic E-state index is 9.00. The van der Waals surface area contributed by atoms with Gasteiger partial charge in [-0.15, -0.1) is 0 Å². The normalized spacial score (nSPS) is 9.65. The van der Waals surface area contributed by atoms with Crippen LogP contribution in [0.25, 0.3) is 0 Å². The van der Waals surface area contributed by atoms with Gasteiger partial charge >= 0.3 is 0 Å². The molecule has 0 unspecified atom stereocenters. The Bertz CT molecular complexity index is 561. The molecule has 0 spiro atoms. The SMILES string of the molecule is N#Cc1ccnc(Oc2cccc(CO)c2)c1. The second kappa shape index (κ2) is 5.10. The van der Waals surface area contributed by atoms with Crippen molar-refractivity contribution in [1.82, 2.24) is 4.98 Å². The fourth-order valence-corrected chi connectivity index (χ4v) is 1.36. The molecule has 2 aromatic rings. The standard InChI is InChI=1S/C13H10N2O2/c14-8-10-4-5-15-13(7-10)17-12-3-1-2-11(6-12)9-16/h1-7,16H,9H2. The van der Waals surface area contributed by atoms with Crippen molar-refractivity contribution < 1.29 is 9.84 Å². The van der Waals surface area contributed by atoms with E-state index in [0.717, 1.165) is 5.56 Å². The lowest BCUT2D eigenvalue weighted by Crippen LogP contribution is -1.90. The third kappa shape index (κ3) is 2.80. The maximum absolute atomic E-state index is 9.00. The zero-order valence-corrected chi connectivity index (χ0v) is 9.00. The molecule has 4 nitrogen and oxygen atoms in total. The van der Waals surface area contributed by atoms with Crippen LogP contribution in [0.15, 0.2) is 42.6 Å². The van der Waals surface area contributed by atoms with Gasteiger partial charge in [-0.3, -0.25) is 0 Å². The Hall–Kier alpha value is -2.38. The Morgan fingerprint density at radius 1 is 1.29 bits per heavy atom. The molecular formula is C13H10N2O2. The highest BCUT2D eigenvalue weighted by Gasteiger charge is 2.01. The summed E-state index contributed by atoms with van der Waals surface area (Å²) in [5, 5.41) is 17.7. The van der Waals surface area contributed by atoms with Crippen LogP contribution in [0.4, 0.5) is 0 Å². The number of hydrogen-bond donors (Lipinski definition) is 1. The summed E-state index contributed by atoms with van der Waals surface area (Å²) in [6, 6.07) is 12.3. The summed E-state index contributed by atoms with van der Waals surface area (Å²) < 4.78 is 5.49. The van der Waals surface area contributed by atoms with Gasteiger partial charge in [0, 0.05) is 12.3 Å². The van der Waals surface area contributed by atoms with Crippen LogP contribution in [-0.4, -0.2) is 10.1 Å². The van der Waals surface area contributed by atoms with E-state index in [4.69, 9.17) is 15.1 Å². The molecule has 0 saturated carbocycles. The van der Waals surface area contributed by atoms with Gasteiger partial charge in [0.15, 0.2) is 0 Å². The van der Waals surface area contributed by atoms with Crippen molar-refractivity contribution >= 4 is 0 Å². The number of nitrogens with zero attached hydrogens (tertiary/aromatic N) is 2. The predicted molar refractivity (Wildman–Crippen MR) is 61.4 cm³/mol. The lowest BCUT2D eigenvalue weighted by atomic mass is 10.2. The first-order valence-electron chi connectivity index (χ1n) is 5.05. The Morgan fingerprint density at radius 3 is 2.94 bits per heavy atom. The molecule has 0 radical (unpaired) electrons. The summed E-state index contributed by atoms with van der Waals surface area (Å²) in [7, 11) is 0. The highest BCUT2D eigenvalue weighted by atomic mass is 16.5. The molecule has 0 atom stereocenters. The molecule has 1 aromatic heterocycles. The topological polar surface area (TPSA) is 66.1 Å². The number of rotatable bonds is 3. The zero-order chi connectivity index (χ0) is 12.1. The molecule has 1 heterocycles. The van der Waals surface area contributed by atoms with Crippen LogP contribution >= 0.6 is 0 Å². The third-order valence-corrected chi connectivity index (χ3v) is 2.17. The summed E-state index contributed by atoms with van der Waals surface area (Å²) in [4.78, 5) is 4.00. The molecule has 0 aliphatic rings. The van der Waals surface area contributed by atoms with Gasteiger partial charge in [-0.25, -0.2) is 4.98 Å². The fourth-order valence-electron chi connectivity index (χ4n) is 1.36. The van der Waals surface area contributed by atoms with Crippen LogP contribution in [0.2, 0.25) is 0 Å². The number of aliphatic hydroxyl groups excluding tert-OH is 1. The zero-order valence-electron chi connectivity index (χ0n) is 9.00. The number of aromatic nitrogens is 1. The van der Waals surface area contributed by atoms with Gasteiger partial charge in [-0.1, -0.05) is 12.1 Å². The first-order valence-corrected chi connectivity index (χ1v) is 5.05. The minimum absolute atomic E-state index is 0.0388. The number of hydrogen-bond acceptors (Lipinski definition) is 4. The average Bonchev–Trinajstić information content (AvgIpc) is 2.39. The quantitative estimate of drug-likeness (QED) is 0.871. The molecule has 1 N–H and O–H groups in total. The van der Waals surface area contributed by atoms with E-state index >= 15 is 0 Å². The maximum Gasteiger partial charge on any atom is 0.220 e. The fraction of sp³-hybridized carbons (Fsp3) is 0.0769. The molecule has 17 heavy (non-hydrogen) atoms. The molecule has 0 aliphatic heterocycles. The van der Waals surface area contributed by atoms with Crippen LogP contribution in [0.3, 0.4) is 0 Å². The number of nitriles is 1. The van der Waals surface area contributed by atoms with Crippen LogP contribution in [0.1, 0.15) is 11.1 Å². The summed E-state index contributed by atoms with van der Waals surface area (Å²) >= 11 is 0. The number of ether oxygens (including phenoxy) is 1. The van der Waals surface area contributed by atoms with Gasteiger partial charge in [-0.2, -0.15) is 5.26 Å². The monoisotopic (exact) mass is 226 g/mol. The second-order valence-corrected chi connectivity index (χ2v) is 3.40. The molecule has 0 amide bonds. The summed E-state index contributed by atoms with van der Waals surface area (Å²) in [6.45, 7) is -0.0388. The minimum atomic E-state index is -0.0388. The van der Waals surface area contributed by atoms with Gasteiger partial charge in [0.1, 0.15) is 5.75 Å². The summed E-state index contributed by atoms with van der Waals surface area (Å²) in [5.74, 6) is 0.943. The van der Waals surface area contributed by atoms with Crippen molar-refractivity contribution in [3.8, 4) is 17.7 Å². The van der Waals surface area contributed by atoms with Gasteiger partial charge in [-0.05, 0) is 23.8 Å². The molecule has 1 aromatic carbocycles. The van der Waals surface area contributed by atoms with E-state index in [1.165, 1.54) is 6.20 Å². The Balaban J connectivity index is 2.22. The van der Waals surface area contributed by atoms with Crippen LogP contribution < -0.4 is 4.74 Å². The first-order chi connectivity index (χ1) is 8.31. The predicted octanol–water partition coefficient (Wildman–Crippen LogP) is 2.24.